The average Bonchev–Trinajstić information content (AvgIpc) is 2.70. The standard InChI is InChI=1S/C13H13N3O2/c1-15-11(6-7-12(15)17)16-10-5-3-2-4-9(10)14-8-13(16)18/h2-5,8,11H,6-7H2,1H3. The van der Waals surface area contributed by atoms with Crippen LogP contribution in [-0.4, -0.2) is 27.4 Å². The van der Waals surface area contributed by atoms with Crippen LogP contribution in [0.5, 0.6) is 0 Å². The van der Waals surface area contributed by atoms with Crippen LogP contribution in [-0.2, 0) is 4.79 Å². The highest BCUT2D eigenvalue weighted by atomic mass is 16.2. The van der Waals surface area contributed by atoms with E-state index < -0.39 is 0 Å². The molecule has 0 bridgehead atoms. The predicted molar refractivity (Wildman–Crippen MR) is 67.0 cm³/mol. The summed E-state index contributed by atoms with van der Waals surface area (Å²) in [5.41, 5.74) is 1.38. The molecule has 3 rings (SSSR count). The fourth-order valence-electron chi connectivity index (χ4n) is 2.48. The number of nitrogens with zero attached hydrogens (tertiary/aromatic N) is 3. The average molecular weight is 243 g/mol. The van der Waals surface area contributed by atoms with Crippen molar-refractivity contribution in [3.63, 3.8) is 0 Å². The summed E-state index contributed by atoms with van der Waals surface area (Å²) in [7, 11) is 1.74. The third-order valence-electron chi connectivity index (χ3n) is 3.45. The molecule has 92 valence electrons. The van der Waals surface area contributed by atoms with Crippen LogP contribution in [0.4, 0.5) is 0 Å². The molecule has 5 nitrogen and oxygen atoms in total. The minimum atomic E-state index is -0.196. The molecule has 2 aromatic rings. The maximum Gasteiger partial charge on any atom is 0.271 e. The quantitative estimate of drug-likeness (QED) is 0.755. The predicted octanol–water partition coefficient (Wildman–Crippen LogP) is 1.15. The number of rotatable bonds is 1. The highest BCUT2D eigenvalue weighted by Crippen LogP contribution is 2.27. The molecule has 1 aliphatic heterocycles. The third-order valence-corrected chi connectivity index (χ3v) is 3.45. The molecule has 0 N–H and O–H groups in total. The van der Waals surface area contributed by atoms with E-state index in [1.54, 1.807) is 16.5 Å². The first-order valence-electron chi connectivity index (χ1n) is 5.90. The van der Waals surface area contributed by atoms with Crippen molar-refractivity contribution in [2.75, 3.05) is 7.05 Å². The Balaban J connectivity index is 2.25. The van der Waals surface area contributed by atoms with Gasteiger partial charge in [0.15, 0.2) is 0 Å². The van der Waals surface area contributed by atoms with E-state index in [0.717, 1.165) is 11.0 Å². The molecule has 1 saturated heterocycles. The number of hydrogen-bond donors (Lipinski definition) is 0. The summed E-state index contributed by atoms with van der Waals surface area (Å²) in [5, 5.41) is 0. The SMILES string of the molecule is CN1C(=O)CCC1n1c(=O)cnc2ccccc21. The van der Waals surface area contributed by atoms with E-state index in [1.165, 1.54) is 6.20 Å². The van der Waals surface area contributed by atoms with Gasteiger partial charge in [0, 0.05) is 13.5 Å². The maximum absolute atomic E-state index is 12.0. The van der Waals surface area contributed by atoms with Crippen LogP contribution in [0.3, 0.4) is 0 Å². The van der Waals surface area contributed by atoms with Crippen LogP contribution in [0, 0.1) is 0 Å². The van der Waals surface area contributed by atoms with Gasteiger partial charge in [-0.25, -0.2) is 4.98 Å². The minimum absolute atomic E-state index is 0.0767. The summed E-state index contributed by atoms with van der Waals surface area (Å²) in [4.78, 5) is 29.4. The number of carbonyl (C=O) groups is 1. The highest BCUT2D eigenvalue weighted by molar-refractivity contribution is 5.79. The van der Waals surface area contributed by atoms with E-state index >= 15 is 0 Å². The van der Waals surface area contributed by atoms with Crippen LogP contribution in [0.1, 0.15) is 19.0 Å². The lowest BCUT2D eigenvalue weighted by Crippen LogP contribution is -2.33. The van der Waals surface area contributed by atoms with E-state index in [4.69, 9.17) is 0 Å². The highest BCUT2D eigenvalue weighted by Gasteiger charge is 2.30. The van der Waals surface area contributed by atoms with Gasteiger partial charge >= 0.3 is 0 Å². The van der Waals surface area contributed by atoms with Crippen molar-refractivity contribution in [3.05, 3.63) is 40.8 Å². The van der Waals surface area contributed by atoms with Gasteiger partial charge in [-0.05, 0) is 18.6 Å². The summed E-state index contributed by atoms with van der Waals surface area (Å²) in [6.07, 6.45) is 2.28. The van der Waals surface area contributed by atoms with Crippen LogP contribution >= 0.6 is 0 Å². The normalized spacial score (nSPS) is 19.7. The zero-order chi connectivity index (χ0) is 12.7. The first-order valence-corrected chi connectivity index (χ1v) is 5.90. The number of para-hydroxylation sites is 2. The van der Waals surface area contributed by atoms with Gasteiger partial charge in [0.1, 0.15) is 6.17 Å². The second-order valence-corrected chi connectivity index (χ2v) is 4.48. The number of likely N-dealkylation sites (tertiary alicyclic amines) is 1. The Morgan fingerprint density at radius 3 is 2.78 bits per heavy atom. The van der Waals surface area contributed by atoms with E-state index in [-0.39, 0.29) is 17.6 Å². The number of amides is 1. The zero-order valence-corrected chi connectivity index (χ0v) is 10.0. The second-order valence-electron chi connectivity index (χ2n) is 4.48. The molecule has 1 aliphatic rings. The molecular weight excluding hydrogens is 230 g/mol. The summed E-state index contributed by atoms with van der Waals surface area (Å²) in [6, 6.07) is 7.48. The zero-order valence-electron chi connectivity index (χ0n) is 10.0. The van der Waals surface area contributed by atoms with Crippen molar-refractivity contribution >= 4 is 16.9 Å². The van der Waals surface area contributed by atoms with E-state index in [2.05, 4.69) is 4.98 Å². The van der Waals surface area contributed by atoms with Gasteiger partial charge in [0.2, 0.25) is 5.91 Å². The van der Waals surface area contributed by atoms with Gasteiger partial charge in [-0.2, -0.15) is 0 Å². The lowest BCUT2D eigenvalue weighted by atomic mass is 10.2. The van der Waals surface area contributed by atoms with Gasteiger partial charge < -0.3 is 4.90 Å². The van der Waals surface area contributed by atoms with Crippen molar-refractivity contribution in [1.82, 2.24) is 14.5 Å². The molecule has 1 fully saturated rings. The largest absolute Gasteiger partial charge is 0.325 e. The summed E-state index contributed by atoms with van der Waals surface area (Å²) >= 11 is 0. The molecule has 1 aromatic heterocycles. The Morgan fingerprint density at radius 1 is 1.28 bits per heavy atom. The molecule has 5 heteroatoms. The molecule has 0 spiro atoms. The minimum Gasteiger partial charge on any atom is -0.325 e. The van der Waals surface area contributed by atoms with Crippen molar-refractivity contribution < 1.29 is 4.79 Å². The number of aromatic nitrogens is 2. The fraction of sp³-hybridized carbons (Fsp3) is 0.308. The molecule has 1 amide bonds. The van der Waals surface area contributed by atoms with Crippen LogP contribution in [0.15, 0.2) is 35.3 Å². The van der Waals surface area contributed by atoms with Crippen LogP contribution in [0.2, 0.25) is 0 Å². The topological polar surface area (TPSA) is 55.2 Å². The van der Waals surface area contributed by atoms with Crippen LogP contribution < -0.4 is 5.56 Å². The van der Waals surface area contributed by atoms with E-state index in [9.17, 15) is 9.59 Å². The lowest BCUT2D eigenvalue weighted by molar-refractivity contribution is -0.128. The van der Waals surface area contributed by atoms with Gasteiger partial charge in [-0.3, -0.25) is 14.2 Å². The number of fused-ring (bicyclic) bond motifs is 1. The Morgan fingerprint density at radius 2 is 2.06 bits per heavy atom. The molecule has 18 heavy (non-hydrogen) atoms. The molecule has 0 saturated carbocycles. The molecule has 0 radical (unpaired) electrons. The third kappa shape index (κ3) is 1.51. The van der Waals surface area contributed by atoms with Crippen molar-refractivity contribution in [1.29, 1.82) is 0 Å². The number of carbonyl (C=O) groups excluding carboxylic acids is 1. The number of hydrogen-bond acceptors (Lipinski definition) is 3. The summed E-state index contributed by atoms with van der Waals surface area (Å²) in [6.45, 7) is 0. The van der Waals surface area contributed by atoms with Gasteiger partial charge in [0.05, 0.1) is 17.2 Å². The first-order chi connectivity index (χ1) is 8.68. The summed E-state index contributed by atoms with van der Waals surface area (Å²) < 4.78 is 1.66. The van der Waals surface area contributed by atoms with E-state index in [0.29, 0.717) is 12.8 Å². The molecule has 1 aromatic carbocycles. The Kier molecular flexibility index (Phi) is 2.40. The van der Waals surface area contributed by atoms with Gasteiger partial charge in [-0.15, -0.1) is 0 Å². The van der Waals surface area contributed by atoms with Crippen molar-refractivity contribution in [3.8, 4) is 0 Å². The monoisotopic (exact) mass is 243 g/mol. The Hall–Kier alpha value is -2.17. The van der Waals surface area contributed by atoms with Crippen molar-refractivity contribution in [2.45, 2.75) is 19.0 Å². The van der Waals surface area contributed by atoms with Crippen LogP contribution in [0.25, 0.3) is 11.0 Å². The Labute approximate surface area is 104 Å². The second kappa shape index (κ2) is 3.94. The van der Waals surface area contributed by atoms with Crippen molar-refractivity contribution in [2.24, 2.45) is 0 Å². The molecule has 0 aliphatic carbocycles. The molecule has 2 heterocycles. The van der Waals surface area contributed by atoms with E-state index in [1.807, 2.05) is 24.3 Å². The molecule has 1 unspecified atom stereocenters. The Bertz CT molecular complexity index is 677. The smallest absolute Gasteiger partial charge is 0.271 e. The van der Waals surface area contributed by atoms with Gasteiger partial charge in [0.25, 0.3) is 5.56 Å². The number of benzene rings is 1. The molecular formula is C13H13N3O2. The van der Waals surface area contributed by atoms with Gasteiger partial charge in [-0.1, -0.05) is 12.1 Å². The first kappa shape index (κ1) is 11.0. The lowest BCUT2D eigenvalue weighted by Gasteiger charge is -2.23. The summed E-state index contributed by atoms with van der Waals surface area (Å²) in [5.74, 6) is 0.0767. The maximum atomic E-state index is 12.0. The molecule has 1 atom stereocenters. The fourth-order valence-corrected chi connectivity index (χ4v) is 2.48.